The standard InChI is InChI=1S/C7H14N2O/c1-3-5-9(2)6-4-8-7-10/h3,7H,1,4-6H2,2H3,(H,8,10). The van der Waals surface area contributed by atoms with Gasteiger partial charge in [-0.3, -0.25) is 4.79 Å². The van der Waals surface area contributed by atoms with Gasteiger partial charge in [0, 0.05) is 19.6 Å². The molecule has 0 spiro atoms. The fourth-order valence-electron chi connectivity index (χ4n) is 0.626. The number of carbonyl (C=O) groups excluding carboxylic acids is 1. The number of hydrogen-bond donors (Lipinski definition) is 1. The van der Waals surface area contributed by atoms with Crippen molar-refractivity contribution in [2.75, 3.05) is 26.7 Å². The molecule has 0 aliphatic heterocycles. The Morgan fingerprint density at radius 3 is 2.90 bits per heavy atom. The Hall–Kier alpha value is -0.830. The van der Waals surface area contributed by atoms with Crippen molar-refractivity contribution in [3.8, 4) is 0 Å². The van der Waals surface area contributed by atoms with Crippen LogP contribution in [0.25, 0.3) is 0 Å². The fourth-order valence-corrected chi connectivity index (χ4v) is 0.626. The van der Waals surface area contributed by atoms with E-state index in [1.165, 1.54) is 0 Å². The van der Waals surface area contributed by atoms with E-state index in [0.717, 1.165) is 13.1 Å². The number of nitrogens with zero attached hydrogens (tertiary/aromatic N) is 1. The lowest BCUT2D eigenvalue weighted by atomic mass is 10.5. The van der Waals surface area contributed by atoms with Crippen LogP contribution in [0.3, 0.4) is 0 Å². The second-order valence-corrected chi connectivity index (χ2v) is 2.12. The van der Waals surface area contributed by atoms with Crippen molar-refractivity contribution < 1.29 is 4.79 Å². The normalized spacial score (nSPS) is 9.40. The van der Waals surface area contributed by atoms with E-state index in [9.17, 15) is 4.79 Å². The number of nitrogens with one attached hydrogen (secondary N) is 1. The van der Waals surface area contributed by atoms with Crippen LogP contribution in [-0.4, -0.2) is 38.0 Å². The monoisotopic (exact) mass is 142 g/mol. The van der Waals surface area contributed by atoms with Crippen molar-refractivity contribution in [1.82, 2.24) is 10.2 Å². The molecule has 0 atom stereocenters. The molecular weight excluding hydrogens is 128 g/mol. The molecule has 0 saturated heterocycles. The first-order valence-electron chi connectivity index (χ1n) is 3.27. The SMILES string of the molecule is C=CCN(C)CCNC=O. The molecule has 0 aromatic rings. The zero-order valence-electron chi connectivity index (χ0n) is 6.34. The van der Waals surface area contributed by atoms with E-state index in [2.05, 4.69) is 16.8 Å². The molecule has 1 amide bonds. The molecule has 10 heavy (non-hydrogen) atoms. The molecule has 0 fully saturated rings. The zero-order valence-corrected chi connectivity index (χ0v) is 6.34. The van der Waals surface area contributed by atoms with Gasteiger partial charge in [0.05, 0.1) is 0 Å². The van der Waals surface area contributed by atoms with E-state index in [4.69, 9.17) is 0 Å². The fraction of sp³-hybridized carbons (Fsp3) is 0.571. The molecule has 0 saturated carbocycles. The van der Waals surface area contributed by atoms with Gasteiger partial charge in [-0.05, 0) is 7.05 Å². The molecule has 0 unspecified atom stereocenters. The van der Waals surface area contributed by atoms with E-state index in [1.54, 1.807) is 0 Å². The summed E-state index contributed by atoms with van der Waals surface area (Å²) in [6.45, 7) is 6.03. The van der Waals surface area contributed by atoms with Crippen molar-refractivity contribution in [1.29, 1.82) is 0 Å². The lowest BCUT2D eigenvalue weighted by Gasteiger charge is -2.12. The molecule has 0 rings (SSSR count). The minimum absolute atomic E-state index is 0.702. The Kier molecular flexibility index (Phi) is 5.77. The van der Waals surface area contributed by atoms with Gasteiger partial charge in [0.25, 0.3) is 0 Å². The van der Waals surface area contributed by atoms with E-state index in [0.29, 0.717) is 13.0 Å². The van der Waals surface area contributed by atoms with Gasteiger partial charge in [-0.1, -0.05) is 6.08 Å². The molecule has 0 aliphatic rings. The average Bonchev–Trinajstić information content (AvgIpc) is 1.89. The molecule has 0 aliphatic carbocycles. The molecule has 1 N–H and O–H groups in total. The Labute approximate surface area is 61.7 Å². The molecule has 0 aromatic carbocycles. The van der Waals surface area contributed by atoms with E-state index in [1.807, 2.05) is 13.1 Å². The molecule has 3 nitrogen and oxygen atoms in total. The van der Waals surface area contributed by atoms with Crippen LogP contribution < -0.4 is 5.32 Å². The smallest absolute Gasteiger partial charge is 0.207 e. The molecule has 0 aromatic heterocycles. The number of amides is 1. The van der Waals surface area contributed by atoms with Gasteiger partial charge >= 0.3 is 0 Å². The average molecular weight is 142 g/mol. The predicted molar refractivity (Wildman–Crippen MR) is 41.8 cm³/mol. The maximum atomic E-state index is 9.79. The molecular formula is C7H14N2O. The number of carbonyl (C=O) groups is 1. The summed E-state index contributed by atoms with van der Waals surface area (Å²) in [5.41, 5.74) is 0. The highest BCUT2D eigenvalue weighted by Crippen LogP contribution is 1.78. The summed E-state index contributed by atoms with van der Waals surface area (Å²) in [5.74, 6) is 0. The molecule has 0 bridgehead atoms. The van der Waals surface area contributed by atoms with Crippen molar-refractivity contribution in [2.24, 2.45) is 0 Å². The first-order valence-corrected chi connectivity index (χ1v) is 3.27. The summed E-state index contributed by atoms with van der Waals surface area (Å²) >= 11 is 0. The number of hydrogen-bond acceptors (Lipinski definition) is 2. The van der Waals surface area contributed by atoms with E-state index >= 15 is 0 Å². The van der Waals surface area contributed by atoms with E-state index in [-0.39, 0.29) is 0 Å². The van der Waals surface area contributed by atoms with Crippen molar-refractivity contribution in [2.45, 2.75) is 0 Å². The van der Waals surface area contributed by atoms with Crippen LogP contribution in [0, 0.1) is 0 Å². The lowest BCUT2D eigenvalue weighted by Crippen LogP contribution is -2.28. The largest absolute Gasteiger partial charge is 0.357 e. The highest BCUT2D eigenvalue weighted by Gasteiger charge is 1.91. The summed E-state index contributed by atoms with van der Waals surface area (Å²) in [4.78, 5) is 11.9. The molecule has 0 heterocycles. The van der Waals surface area contributed by atoms with Crippen LogP contribution in [0.5, 0.6) is 0 Å². The quantitative estimate of drug-likeness (QED) is 0.318. The minimum atomic E-state index is 0.702. The van der Waals surface area contributed by atoms with Crippen molar-refractivity contribution in [3.63, 3.8) is 0 Å². The number of likely N-dealkylation sites (N-methyl/N-ethyl adjacent to an activating group) is 1. The highest BCUT2D eigenvalue weighted by atomic mass is 16.1. The Morgan fingerprint density at radius 2 is 2.40 bits per heavy atom. The van der Waals surface area contributed by atoms with Crippen LogP contribution in [0.1, 0.15) is 0 Å². The van der Waals surface area contributed by atoms with Crippen LogP contribution in [0.2, 0.25) is 0 Å². The Bertz CT molecular complexity index is 104. The minimum Gasteiger partial charge on any atom is -0.357 e. The summed E-state index contributed by atoms with van der Waals surface area (Å²) in [7, 11) is 1.98. The van der Waals surface area contributed by atoms with Crippen LogP contribution in [-0.2, 0) is 4.79 Å². The van der Waals surface area contributed by atoms with Crippen molar-refractivity contribution >= 4 is 6.41 Å². The zero-order chi connectivity index (χ0) is 7.82. The van der Waals surface area contributed by atoms with Gasteiger partial charge in [0.1, 0.15) is 0 Å². The van der Waals surface area contributed by atoms with Gasteiger partial charge in [0.15, 0.2) is 0 Å². The lowest BCUT2D eigenvalue weighted by molar-refractivity contribution is -0.109. The van der Waals surface area contributed by atoms with Crippen LogP contribution >= 0.6 is 0 Å². The van der Waals surface area contributed by atoms with Crippen LogP contribution in [0.4, 0.5) is 0 Å². The van der Waals surface area contributed by atoms with Gasteiger partial charge in [-0.15, -0.1) is 6.58 Å². The molecule has 58 valence electrons. The van der Waals surface area contributed by atoms with Gasteiger partial charge in [-0.25, -0.2) is 0 Å². The third kappa shape index (κ3) is 5.31. The maximum Gasteiger partial charge on any atom is 0.207 e. The molecule has 3 heteroatoms. The summed E-state index contributed by atoms with van der Waals surface area (Å²) in [6.07, 6.45) is 2.54. The second kappa shape index (κ2) is 6.29. The Morgan fingerprint density at radius 1 is 1.70 bits per heavy atom. The second-order valence-electron chi connectivity index (χ2n) is 2.12. The number of rotatable bonds is 6. The third-order valence-corrected chi connectivity index (χ3v) is 1.16. The Balaban J connectivity index is 3.11. The third-order valence-electron chi connectivity index (χ3n) is 1.16. The summed E-state index contributed by atoms with van der Waals surface area (Å²) in [6, 6.07) is 0. The van der Waals surface area contributed by atoms with Gasteiger partial charge < -0.3 is 10.2 Å². The highest BCUT2D eigenvalue weighted by molar-refractivity contribution is 5.45. The van der Waals surface area contributed by atoms with Crippen molar-refractivity contribution in [3.05, 3.63) is 12.7 Å². The van der Waals surface area contributed by atoms with Gasteiger partial charge in [-0.2, -0.15) is 0 Å². The summed E-state index contributed by atoms with van der Waals surface area (Å²) < 4.78 is 0. The topological polar surface area (TPSA) is 32.3 Å². The first-order chi connectivity index (χ1) is 4.81. The maximum absolute atomic E-state index is 9.79. The first kappa shape index (κ1) is 9.17. The predicted octanol–water partition coefficient (Wildman–Crippen LogP) is -0.150. The summed E-state index contributed by atoms with van der Waals surface area (Å²) in [5, 5.41) is 2.58. The molecule has 0 radical (unpaired) electrons. The van der Waals surface area contributed by atoms with E-state index < -0.39 is 0 Å². The van der Waals surface area contributed by atoms with Gasteiger partial charge in [0.2, 0.25) is 6.41 Å². The van der Waals surface area contributed by atoms with Crippen LogP contribution in [0.15, 0.2) is 12.7 Å².